The van der Waals surface area contributed by atoms with Crippen molar-refractivity contribution in [3.63, 3.8) is 0 Å². The highest BCUT2D eigenvalue weighted by Gasteiger charge is 2.18. The van der Waals surface area contributed by atoms with Gasteiger partial charge in [-0.3, -0.25) is 9.59 Å². The molecule has 1 heterocycles. The van der Waals surface area contributed by atoms with E-state index in [1.165, 1.54) is 5.56 Å². The fraction of sp³-hybridized carbons (Fsp3) is 0.364. The number of anilines is 1. The second-order valence-electron chi connectivity index (χ2n) is 7.01. The maximum Gasteiger partial charge on any atom is 0.228 e. The van der Waals surface area contributed by atoms with Gasteiger partial charge in [0.05, 0.1) is 6.42 Å². The molecule has 28 heavy (non-hydrogen) atoms. The molecule has 0 spiro atoms. The van der Waals surface area contributed by atoms with Crippen molar-refractivity contribution in [1.82, 2.24) is 4.90 Å². The van der Waals surface area contributed by atoms with Crippen molar-refractivity contribution in [2.24, 2.45) is 5.73 Å². The minimum atomic E-state index is 0. The van der Waals surface area contributed by atoms with Crippen LogP contribution in [-0.4, -0.2) is 29.8 Å². The SMILES string of the molecule is Cl.NCCCN(Cc1ccccc1)C(=O)CCCc1ccc2c(c1)CC(=O)N2. The summed E-state index contributed by atoms with van der Waals surface area (Å²) < 4.78 is 0. The van der Waals surface area contributed by atoms with Crippen molar-refractivity contribution in [2.45, 2.75) is 38.6 Å². The summed E-state index contributed by atoms with van der Waals surface area (Å²) in [5.74, 6) is 0.221. The lowest BCUT2D eigenvalue weighted by Crippen LogP contribution is -2.32. The molecule has 2 aromatic rings. The van der Waals surface area contributed by atoms with Crippen molar-refractivity contribution < 1.29 is 9.59 Å². The van der Waals surface area contributed by atoms with E-state index in [-0.39, 0.29) is 24.2 Å². The first-order valence-electron chi connectivity index (χ1n) is 9.59. The van der Waals surface area contributed by atoms with Gasteiger partial charge in [0, 0.05) is 25.2 Å². The van der Waals surface area contributed by atoms with Gasteiger partial charge in [-0.05, 0) is 48.6 Å². The van der Waals surface area contributed by atoms with Gasteiger partial charge in [0.2, 0.25) is 11.8 Å². The van der Waals surface area contributed by atoms with Gasteiger partial charge in [-0.15, -0.1) is 12.4 Å². The molecule has 6 heteroatoms. The Morgan fingerprint density at radius 1 is 1.07 bits per heavy atom. The van der Waals surface area contributed by atoms with Crippen LogP contribution < -0.4 is 11.1 Å². The maximum atomic E-state index is 12.7. The van der Waals surface area contributed by atoms with E-state index in [4.69, 9.17) is 5.73 Å². The summed E-state index contributed by atoms with van der Waals surface area (Å²) in [6.45, 7) is 1.91. The van der Waals surface area contributed by atoms with Crippen LogP contribution in [0.25, 0.3) is 0 Å². The summed E-state index contributed by atoms with van der Waals surface area (Å²) in [6, 6.07) is 16.1. The number of fused-ring (bicyclic) bond motifs is 1. The van der Waals surface area contributed by atoms with Crippen LogP contribution in [0.1, 0.15) is 36.0 Å². The number of halogens is 1. The van der Waals surface area contributed by atoms with Crippen LogP contribution in [-0.2, 0) is 29.0 Å². The summed E-state index contributed by atoms with van der Waals surface area (Å²) in [4.78, 5) is 26.1. The number of carbonyl (C=O) groups excluding carboxylic acids is 2. The molecule has 0 atom stereocenters. The Bertz CT molecular complexity index is 796. The number of carbonyl (C=O) groups is 2. The fourth-order valence-corrected chi connectivity index (χ4v) is 3.42. The van der Waals surface area contributed by atoms with Gasteiger partial charge >= 0.3 is 0 Å². The molecule has 1 aliphatic rings. The largest absolute Gasteiger partial charge is 0.338 e. The highest BCUT2D eigenvalue weighted by molar-refractivity contribution is 5.99. The lowest BCUT2D eigenvalue weighted by molar-refractivity contribution is -0.132. The Morgan fingerprint density at radius 2 is 1.86 bits per heavy atom. The molecule has 0 saturated heterocycles. The third-order valence-corrected chi connectivity index (χ3v) is 4.85. The van der Waals surface area contributed by atoms with E-state index in [9.17, 15) is 9.59 Å². The van der Waals surface area contributed by atoms with Gasteiger partial charge in [-0.1, -0.05) is 42.5 Å². The maximum absolute atomic E-state index is 12.7. The van der Waals surface area contributed by atoms with Crippen LogP contribution in [0.2, 0.25) is 0 Å². The number of rotatable bonds is 9. The highest BCUT2D eigenvalue weighted by atomic mass is 35.5. The zero-order chi connectivity index (χ0) is 19.1. The Hall–Kier alpha value is -2.37. The third kappa shape index (κ3) is 6.08. The molecule has 0 saturated carbocycles. The first kappa shape index (κ1) is 21.9. The van der Waals surface area contributed by atoms with Crippen LogP contribution >= 0.6 is 12.4 Å². The smallest absolute Gasteiger partial charge is 0.228 e. The van der Waals surface area contributed by atoms with Crippen molar-refractivity contribution in [1.29, 1.82) is 0 Å². The number of nitrogens with one attached hydrogen (secondary N) is 1. The van der Waals surface area contributed by atoms with Crippen molar-refractivity contribution in [3.8, 4) is 0 Å². The average molecular weight is 402 g/mol. The van der Waals surface area contributed by atoms with E-state index in [0.717, 1.165) is 36.1 Å². The summed E-state index contributed by atoms with van der Waals surface area (Å²) in [7, 11) is 0. The molecule has 5 nitrogen and oxygen atoms in total. The molecule has 1 aliphatic heterocycles. The highest BCUT2D eigenvalue weighted by Crippen LogP contribution is 2.24. The van der Waals surface area contributed by atoms with Gasteiger partial charge in [0.25, 0.3) is 0 Å². The van der Waals surface area contributed by atoms with Crippen LogP contribution in [0.3, 0.4) is 0 Å². The second-order valence-corrected chi connectivity index (χ2v) is 7.01. The Labute approximate surface area is 172 Å². The molecule has 150 valence electrons. The summed E-state index contributed by atoms with van der Waals surface area (Å²) in [5.41, 5.74) is 9.91. The molecule has 0 fully saturated rings. The van der Waals surface area contributed by atoms with Crippen LogP contribution in [0.5, 0.6) is 0 Å². The predicted octanol–water partition coefficient (Wildman–Crippen LogP) is 3.30. The van der Waals surface area contributed by atoms with E-state index in [0.29, 0.717) is 32.5 Å². The molecule has 3 rings (SSSR count). The molecule has 2 amide bonds. The molecule has 3 N–H and O–H groups in total. The van der Waals surface area contributed by atoms with Crippen molar-refractivity contribution >= 4 is 29.9 Å². The van der Waals surface area contributed by atoms with Crippen molar-refractivity contribution in [2.75, 3.05) is 18.4 Å². The fourth-order valence-electron chi connectivity index (χ4n) is 3.42. The molecule has 0 bridgehead atoms. The summed E-state index contributed by atoms with van der Waals surface area (Å²) in [6.07, 6.45) is 3.42. The quantitative estimate of drug-likeness (QED) is 0.676. The normalized spacial score (nSPS) is 12.1. The number of benzene rings is 2. The molecule has 2 aromatic carbocycles. The number of hydrogen-bond donors (Lipinski definition) is 2. The second kappa shape index (κ2) is 10.8. The van der Waals surface area contributed by atoms with Crippen LogP contribution in [0.4, 0.5) is 5.69 Å². The zero-order valence-electron chi connectivity index (χ0n) is 16.0. The third-order valence-electron chi connectivity index (χ3n) is 4.85. The lowest BCUT2D eigenvalue weighted by Gasteiger charge is -2.23. The molecule has 0 aliphatic carbocycles. The van der Waals surface area contributed by atoms with E-state index >= 15 is 0 Å². The van der Waals surface area contributed by atoms with Gasteiger partial charge in [0.15, 0.2) is 0 Å². The lowest BCUT2D eigenvalue weighted by atomic mass is 10.0. The van der Waals surface area contributed by atoms with Gasteiger partial charge in [-0.2, -0.15) is 0 Å². The minimum Gasteiger partial charge on any atom is -0.338 e. The zero-order valence-corrected chi connectivity index (χ0v) is 16.8. The monoisotopic (exact) mass is 401 g/mol. The van der Waals surface area contributed by atoms with Gasteiger partial charge in [0.1, 0.15) is 0 Å². The van der Waals surface area contributed by atoms with E-state index in [1.54, 1.807) is 0 Å². The molecule has 0 aromatic heterocycles. The molecule has 0 unspecified atom stereocenters. The first-order chi connectivity index (χ1) is 13.2. The Kier molecular flexibility index (Phi) is 8.48. The topological polar surface area (TPSA) is 75.4 Å². The molecular formula is C22H28ClN3O2. The van der Waals surface area contributed by atoms with E-state index in [1.807, 2.05) is 47.4 Å². The molecule has 0 radical (unpaired) electrons. The Morgan fingerprint density at radius 3 is 2.61 bits per heavy atom. The number of amides is 2. The number of hydrogen-bond acceptors (Lipinski definition) is 3. The van der Waals surface area contributed by atoms with E-state index < -0.39 is 0 Å². The van der Waals surface area contributed by atoms with Crippen molar-refractivity contribution in [3.05, 3.63) is 65.2 Å². The first-order valence-corrected chi connectivity index (χ1v) is 9.59. The average Bonchev–Trinajstić information content (AvgIpc) is 3.05. The summed E-state index contributed by atoms with van der Waals surface area (Å²) in [5, 5.41) is 2.85. The van der Waals surface area contributed by atoms with Crippen LogP contribution in [0, 0.1) is 0 Å². The van der Waals surface area contributed by atoms with Gasteiger partial charge < -0.3 is 16.0 Å². The van der Waals surface area contributed by atoms with E-state index in [2.05, 4.69) is 11.4 Å². The number of aryl methyl sites for hydroxylation is 1. The standard InChI is InChI=1S/C22H27N3O2.ClH/c23-12-5-13-25(16-18-6-2-1-3-7-18)22(27)9-4-8-17-10-11-20-19(14-17)15-21(26)24-20;/h1-3,6-7,10-11,14H,4-5,8-9,12-13,15-16,23H2,(H,24,26);1H. The van der Waals surface area contributed by atoms with Crippen LogP contribution in [0.15, 0.2) is 48.5 Å². The van der Waals surface area contributed by atoms with Gasteiger partial charge in [-0.25, -0.2) is 0 Å². The number of nitrogens with zero attached hydrogens (tertiary/aromatic N) is 1. The molecular weight excluding hydrogens is 374 g/mol. The summed E-state index contributed by atoms with van der Waals surface area (Å²) >= 11 is 0. The minimum absolute atomic E-state index is 0. The predicted molar refractivity (Wildman–Crippen MR) is 114 cm³/mol. The number of nitrogens with two attached hydrogens (primary N) is 1. The Balaban J connectivity index is 0.00000280.